The molecule has 1 aromatic rings. The average Bonchev–Trinajstić information content (AvgIpc) is 2.78. The molecule has 0 amide bonds. The van der Waals surface area contributed by atoms with Crippen molar-refractivity contribution in [3.05, 3.63) is 17.2 Å². The Labute approximate surface area is 112 Å². The van der Waals surface area contributed by atoms with Crippen molar-refractivity contribution in [3.63, 3.8) is 0 Å². The van der Waals surface area contributed by atoms with Gasteiger partial charge in [0.2, 0.25) is 0 Å². The maximum atomic E-state index is 11.3. The third kappa shape index (κ3) is 2.26. The molecule has 0 aromatic carbocycles. The summed E-state index contributed by atoms with van der Waals surface area (Å²) >= 11 is 0. The summed E-state index contributed by atoms with van der Waals surface area (Å²) in [6.07, 6.45) is 3.00. The van der Waals surface area contributed by atoms with E-state index in [2.05, 4.69) is 26.8 Å². The van der Waals surface area contributed by atoms with Crippen molar-refractivity contribution in [3.8, 4) is 0 Å². The molecule has 3 heterocycles. The quantitative estimate of drug-likeness (QED) is 0.813. The van der Waals surface area contributed by atoms with Crippen LogP contribution >= 0.6 is 0 Å². The first kappa shape index (κ1) is 12.6. The molecule has 3 rings (SSSR count). The topological polar surface area (TPSA) is 70.4 Å². The first-order valence-electron chi connectivity index (χ1n) is 6.91. The highest BCUT2D eigenvalue weighted by atomic mass is 16.4. The molecule has 2 aliphatic rings. The smallest absolute Gasteiger partial charge is 0.356 e. The summed E-state index contributed by atoms with van der Waals surface area (Å²) in [5.74, 6) is -0.000265. The van der Waals surface area contributed by atoms with E-state index in [0.29, 0.717) is 0 Å². The molecule has 104 valence electrons. The van der Waals surface area contributed by atoms with Gasteiger partial charge in [0.15, 0.2) is 5.69 Å². The van der Waals surface area contributed by atoms with Gasteiger partial charge in [-0.3, -0.25) is 0 Å². The Morgan fingerprint density at radius 2 is 2.26 bits per heavy atom. The van der Waals surface area contributed by atoms with E-state index in [4.69, 9.17) is 0 Å². The van der Waals surface area contributed by atoms with Gasteiger partial charge >= 0.3 is 5.97 Å². The van der Waals surface area contributed by atoms with Crippen LogP contribution in [0.5, 0.6) is 0 Å². The molecule has 1 atom stereocenters. The normalized spacial score (nSPS) is 24.2. The van der Waals surface area contributed by atoms with Crippen LogP contribution < -0.4 is 5.32 Å². The summed E-state index contributed by atoms with van der Waals surface area (Å²) < 4.78 is 2.13. The molecule has 0 aliphatic carbocycles. The second kappa shape index (κ2) is 4.94. The van der Waals surface area contributed by atoms with Crippen LogP contribution in [0.25, 0.3) is 0 Å². The molecule has 0 radical (unpaired) electrons. The van der Waals surface area contributed by atoms with Crippen molar-refractivity contribution in [1.29, 1.82) is 0 Å². The predicted molar refractivity (Wildman–Crippen MR) is 70.4 cm³/mol. The third-order valence-corrected chi connectivity index (χ3v) is 4.04. The zero-order valence-corrected chi connectivity index (χ0v) is 11.2. The summed E-state index contributed by atoms with van der Waals surface area (Å²) in [5.41, 5.74) is 1.16. The van der Waals surface area contributed by atoms with Crippen molar-refractivity contribution >= 4 is 5.97 Å². The molecular weight excluding hydrogens is 244 g/mol. The Bertz CT molecular complexity index is 497. The fourth-order valence-corrected chi connectivity index (χ4v) is 3.08. The van der Waals surface area contributed by atoms with Crippen molar-refractivity contribution in [2.75, 3.05) is 26.7 Å². The number of hydrogen-bond acceptors (Lipinski definition) is 4. The van der Waals surface area contributed by atoms with Crippen LogP contribution in [-0.2, 0) is 13.0 Å². The predicted octanol–water partition coefficient (Wildman–Crippen LogP) is 0.494. The molecule has 2 aliphatic heterocycles. The SMILES string of the molecule is CN1CCNC(c2nc(C(=O)O)c3n2CCCC3)C1. The maximum absolute atomic E-state index is 11.3. The van der Waals surface area contributed by atoms with E-state index in [1.54, 1.807) is 0 Å². The van der Waals surface area contributed by atoms with Gasteiger partial charge in [-0.15, -0.1) is 0 Å². The van der Waals surface area contributed by atoms with Crippen molar-refractivity contribution in [2.24, 2.45) is 0 Å². The lowest BCUT2D eigenvalue weighted by Crippen LogP contribution is -2.44. The van der Waals surface area contributed by atoms with E-state index in [9.17, 15) is 9.90 Å². The Hall–Kier alpha value is -1.40. The molecule has 19 heavy (non-hydrogen) atoms. The number of rotatable bonds is 2. The van der Waals surface area contributed by atoms with E-state index < -0.39 is 5.97 Å². The van der Waals surface area contributed by atoms with Crippen LogP contribution in [0.15, 0.2) is 0 Å². The van der Waals surface area contributed by atoms with Gasteiger partial charge in [0.25, 0.3) is 0 Å². The number of hydrogen-bond donors (Lipinski definition) is 2. The number of carboxylic acid groups (broad SMARTS) is 1. The summed E-state index contributed by atoms with van der Waals surface area (Å²) in [7, 11) is 2.09. The highest BCUT2D eigenvalue weighted by Crippen LogP contribution is 2.25. The fraction of sp³-hybridized carbons (Fsp3) is 0.692. The van der Waals surface area contributed by atoms with Crippen LogP contribution in [0.2, 0.25) is 0 Å². The van der Waals surface area contributed by atoms with Gasteiger partial charge in [-0.05, 0) is 26.3 Å². The van der Waals surface area contributed by atoms with Crippen LogP contribution in [0.1, 0.15) is 40.9 Å². The van der Waals surface area contributed by atoms with Crippen LogP contribution in [0, 0.1) is 0 Å². The average molecular weight is 264 g/mol. The first-order chi connectivity index (χ1) is 9.16. The van der Waals surface area contributed by atoms with Gasteiger partial charge in [-0.2, -0.15) is 0 Å². The maximum Gasteiger partial charge on any atom is 0.356 e. The van der Waals surface area contributed by atoms with E-state index in [1.807, 2.05) is 0 Å². The van der Waals surface area contributed by atoms with Crippen molar-refractivity contribution in [2.45, 2.75) is 31.8 Å². The number of aromatic nitrogens is 2. The van der Waals surface area contributed by atoms with Crippen LogP contribution in [-0.4, -0.2) is 52.2 Å². The van der Waals surface area contributed by atoms with Gasteiger partial charge in [0, 0.05) is 26.2 Å². The molecule has 0 bridgehead atoms. The standard InChI is InChI=1S/C13H20N4O2/c1-16-7-5-14-9(8-16)12-15-11(13(18)19)10-4-2-3-6-17(10)12/h9,14H,2-8H2,1H3,(H,18,19). The molecular formula is C13H20N4O2. The molecule has 1 unspecified atom stereocenters. The lowest BCUT2D eigenvalue weighted by Gasteiger charge is -2.31. The monoisotopic (exact) mass is 264 g/mol. The summed E-state index contributed by atoms with van der Waals surface area (Å²) in [4.78, 5) is 18.0. The molecule has 0 spiro atoms. The molecule has 2 N–H and O–H groups in total. The minimum Gasteiger partial charge on any atom is -0.476 e. The molecule has 1 saturated heterocycles. The summed E-state index contributed by atoms with van der Waals surface area (Å²) in [6.45, 7) is 3.73. The number of likely N-dealkylation sites (N-methyl/N-ethyl adjacent to an activating group) is 1. The zero-order chi connectivity index (χ0) is 13.4. The summed E-state index contributed by atoms with van der Waals surface area (Å²) in [6, 6.07) is 0.142. The molecule has 6 heteroatoms. The van der Waals surface area contributed by atoms with Crippen LogP contribution in [0.3, 0.4) is 0 Å². The van der Waals surface area contributed by atoms with Gasteiger partial charge in [-0.1, -0.05) is 0 Å². The fourth-order valence-electron chi connectivity index (χ4n) is 3.08. The highest BCUT2D eigenvalue weighted by Gasteiger charge is 2.29. The molecule has 1 fully saturated rings. The van der Waals surface area contributed by atoms with Crippen molar-refractivity contribution < 1.29 is 9.90 Å². The lowest BCUT2D eigenvalue weighted by molar-refractivity contribution is 0.0689. The Morgan fingerprint density at radius 3 is 3.00 bits per heavy atom. The van der Waals surface area contributed by atoms with Gasteiger partial charge in [0.1, 0.15) is 5.82 Å². The largest absolute Gasteiger partial charge is 0.476 e. The van der Waals surface area contributed by atoms with Crippen molar-refractivity contribution in [1.82, 2.24) is 19.8 Å². The number of carboxylic acids is 1. The van der Waals surface area contributed by atoms with E-state index in [0.717, 1.165) is 57.0 Å². The van der Waals surface area contributed by atoms with Gasteiger partial charge in [0.05, 0.1) is 11.7 Å². The number of piperazine rings is 1. The number of nitrogens with zero attached hydrogens (tertiary/aromatic N) is 3. The van der Waals surface area contributed by atoms with Crippen LogP contribution in [0.4, 0.5) is 0 Å². The van der Waals surface area contributed by atoms with Gasteiger partial charge in [-0.25, -0.2) is 9.78 Å². The zero-order valence-electron chi connectivity index (χ0n) is 11.2. The first-order valence-corrected chi connectivity index (χ1v) is 6.91. The molecule has 6 nitrogen and oxygen atoms in total. The second-order valence-corrected chi connectivity index (χ2v) is 5.45. The van der Waals surface area contributed by atoms with Gasteiger partial charge < -0.3 is 19.9 Å². The van der Waals surface area contributed by atoms with E-state index in [-0.39, 0.29) is 11.7 Å². The molecule has 0 saturated carbocycles. The van der Waals surface area contributed by atoms with E-state index >= 15 is 0 Å². The minimum absolute atomic E-state index is 0.142. The number of imidazole rings is 1. The Morgan fingerprint density at radius 1 is 1.42 bits per heavy atom. The lowest BCUT2D eigenvalue weighted by atomic mass is 10.1. The molecule has 1 aromatic heterocycles. The minimum atomic E-state index is -0.902. The summed E-state index contributed by atoms with van der Waals surface area (Å²) in [5, 5.41) is 12.7. The van der Waals surface area contributed by atoms with E-state index in [1.165, 1.54) is 0 Å². The Kier molecular flexibility index (Phi) is 3.28. The third-order valence-electron chi connectivity index (χ3n) is 4.04. The second-order valence-electron chi connectivity index (χ2n) is 5.45. The highest BCUT2D eigenvalue weighted by molar-refractivity contribution is 5.87. The number of nitrogens with one attached hydrogen (secondary N) is 1. The Balaban J connectivity index is 1.98. The number of carbonyl (C=O) groups is 1. The number of aromatic carboxylic acids is 1. The number of fused-ring (bicyclic) bond motifs is 1.